The highest BCUT2D eigenvalue weighted by Crippen LogP contribution is 2.21. The highest BCUT2D eigenvalue weighted by molar-refractivity contribution is 6.30. The highest BCUT2D eigenvalue weighted by atomic mass is 35.5. The van der Waals surface area contributed by atoms with Crippen LogP contribution in [0.25, 0.3) is 0 Å². The van der Waals surface area contributed by atoms with Crippen molar-refractivity contribution in [1.82, 2.24) is 0 Å². The Morgan fingerprint density at radius 1 is 1.11 bits per heavy atom. The number of halogens is 1. The van der Waals surface area contributed by atoms with Gasteiger partial charge in [-0.15, -0.1) is 0 Å². The molecule has 0 spiro atoms. The van der Waals surface area contributed by atoms with Crippen molar-refractivity contribution < 1.29 is 0 Å². The number of nitrogens with one attached hydrogen (secondary N) is 1. The molecule has 0 amide bonds. The number of para-hydroxylation sites is 2. The van der Waals surface area contributed by atoms with E-state index in [1.165, 1.54) is 0 Å². The molecule has 0 saturated carbocycles. The van der Waals surface area contributed by atoms with Crippen molar-refractivity contribution in [3.63, 3.8) is 0 Å². The van der Waals surface area contributed by atoms with Crippen LogP contribution in [0, 0.1) is 0 Å². The maximum Gasteiger partial charge on any atom is 0.104 e. The van der Waals surface area contributed by atoms with Crippen LogP contribution >= 0.6 is 11.6 Å². The normalized spacial score (nSPS) is 11.3. The highest BCUT2D eigenvalue weighted by Gasteiger charge is 1.98. The molecule has 18 heavy (non-hydrogen) atoms. The lowest BCUT2D eigenvalue weighted by Gasteiger charge is -2.06. The third-order valence-corrected chi connectivity index (χ3v) is 2.65. The summed E-state index contributed by atoms with van der Waals surface area (Å²) in [6.45, 7) is 1.89. The number of amidine groups is 1. The van der Waals surface area contributed by atoms with E-state index >= 15 is 0 Å². The molecule has 0 unspecified atom stereocenters. The first-order valence-corrected chi connectivity index (χ1v) is 5.95. The predicted molar refractivity (Wildman–Crippen MR) is 78.7 cm³/mol. The molecule has 0 fully saturated rings. The van der Waals surface area contributed by atoms with Gasteiger partial charge in [0.15, 0.2) is 0 Å². The number of aliphatic imine (C=N–C) groups is 1. The van der Waals surface area contributed by atoms with Gasteiger partial charge in [-0.25, -0.2) is 4.99 Å². The van der Waals surface area contributed by atoms with E-state index in [-0.39, 0.29) is 0 Å². The van der Waals surface area contributed by atoms with Gasteiger partial charge in [0.05, 0.1) is 11.4 Å². The van der Waals surface area contributed by atoms with Gasteiger partial charge in [0.25, 0.3) is 0 Å². The fourth-order valence-corrected chi connectivity index (χ4v) is 1.67. The van der Waals surface area contributed by atoms with Crippen molar-refractivity contribution in [3.05, 3.63) is 53.6 Å². The molecule has 4 heteroatoms. The zero-order valence-corrected chi connectivity index (χ0v) is 10.8. The van der Waals surface area contributed by atoms with Crippen LogP contribution in [0.4, 0.5) is 17.1 Å². The smallest absolute Gasteiger partial charge is 0.104 e. The summed E-state index contributed by atoms with van der Waals surface area (Å²) in [6.07, 6.45) is 0. The third kappa shape index (κ3) is 3.25. The average Bonchev–Trinajstić information content (AvgIpc) is 2.35. The zero-order valence-electron chi connectivity index (χ0n) is 10.0. The molecule has 3 N–H and O–H groups in total. The zero-order chi connectivity index (χ0) is 13.0. The number of nitrogen functional groups attached to an aromatic ring is 1. The van der Waals surface area contributed by atoms with E-state index < -0.39 is 0 Å². The van der Waals surface area contributed by atoms with Gasteiger partial charge in [0.2, 0.25) is 0 Å². The van der Waals surface area contributed by atoms with Gasteiger partial charge in [-0.3, -0.25) is 0 Å². The number of hydrogen-bond donors (Lipinski definition) is 2. The molecule has 0 aromatic heterocycles. The number of nitrogens with two attached hydrogens (primary N) is 1. The van der Waals surface area contributed by atoms with Crippen molar-refractivity contribution in [2.24, 2.45) is 4.99 Å². The van der Waals surface area contributed by atoms with E-state index in [1.54, 1.807) is 0 Å². The van der Waals surface area contributed by atoms with E-state index in [0.717, 1.165) is 17.2 Å². The van der Waals surface area contributed by atoms with Crippen molar-refractivity contribution in [1.29, 1.82) is 0 Å². The van der Waals surface area contributed by atoms with Gasteiger partial charge in [0, 0.05) is 10.7 Å². The standard InChI is InChI=1S/C14H14ClN3/c1-10(17-12-8-6-11(15)7-9-12)18-14-5-3-2-4-13(14)16/h2-9H,16H2,1H3,(H,17,18). The molecule has 0 aliphatic rings. The molecule has 92 valence electrons. The van der Waals surface area contributed by atoms with Gasteiger partial charge < -0.3 is 11.1 Å². The second kappa shape index (κ2) is 5.56. The van der Waals surface area contributed by atoms with Gasteiger partial charge >= 0.3 is 0 Å². The molecule has 0 heterocycles. The van der Waals surface area contributed by atoms with E-state index in [1.807, 2.05) is 55.5 Å². The lowest BCUT2D eigenvalue weighted by molar-refractivity contribution is 1.46. The van der Waals surface area contributed by atoms with Crippen molar-refractivity contribution in [2.75, 3.05) is 11.1 Å². The molecule has 0 radical (unpaired) electrons. The van der Waals surface area contributed by atoms with Gasteiger partial charge in [-0.2, -0.15) is 0 Å². The van der Waals surface area contributed by atoms with E-state index in [0.29, 0.717) is 10.7 Å². The lowest BCUT2D eigenvalue weighted by atomic mass is 10.3. The van der Waals surface area contributed by atoms with Gasteiger partial charge in [-0.05, 0) is 43.3 Å². The molecule has 2 rings (SSSR count). The molecule has 3 nitrogen and oxygen atoms in total. The molecular weight excluding hydrogens is 246 g/mol. The topological polar surface area (TPSA) is 50.4 Å². The van der Waals surface area contributed by atoms with Crippen LogP contribution in [0.3, 0.4) is 0 Å². The van der Waals surface area contributed by atoms with Crippen LogP contribution in [0.5, 0.6) is 0 Å². The molecule has 0 atom stereocenters. The summed E-state index contributed by atoms with van der Waals surface area (Å²) in [5, 5.41) is 3.89. The minimum Gasteiger partial charge on any atom is -0.397 e. The van der Waals surface area contributed by atoms with Crippen molar-refractivity contribution in [2.45, 2.75) is 6.92 Å². The van der Waals surface area contributed by atoms with E-state index in [2.05, 4.69) is 10.3 Å². The third-order valence-electron chi connectivity index (χ3n) is 2.39. The monoisotopic (exact) mass is 259 g/mol. The Kier molecular flexibility index (Phi) is 3.85. The second-order valence-corrected chi connectivity index (χ2v) is 4.32. The summed E-state index contributed by atoms with van der Waals surface area (Å²) >= 11 is 5.82. The Morgan fingerprint density at radius 2 is 1.78 bits per heavy atom. The minimum atomic E-state index is 0.662. The molecular formula is C14H14ClN3. The largest absolute Gasteiger partial charge is 0.397 e. The summed E-state index contributed by atoms with van der Waals surface area (Å²) in [4.78, 5) is 4.42. The van der Waals surface area contributed by atoms with Gasteiger partial charge in [-0.1, -0.05) is 23.7 Å². The number of nitrogens with zero attached hydrogens (tertiary/aromatic N) is 1. The summed E-state index contributed by atoms with van der Waals surface area (Å²) in [5.74, 6) is 0.773. The molecule has 0 aliphatic heterocycles. The number of hydrogen-bond acceptors (Lipinski definition) is 2. The Hall–Kier alpha value is -2.00. The Balaban J connectivity index is 2.15. The van der Waals surface area contributed by atoms with Crippen LogP contribution in [-0.4, -0.2) is 5.84 Å². The van der Waals surface area contributed by atoms with E-state index in [9.17, 15) is 0 Å². The summed E-state index contributed by atoms with van der Waals surface area (Å²) in [7, 11) is 0. The summed E-state index contributed by atoms with van der Waals surface area (Å²) in [5.41, 5.74) is 8.19. The summed E-state index contributed by atoms with van der Waals surface area (Å²) < 4.78 is 0. The Labute approximate surface area is 111 Å². The maximum absolute atomic E-state index is 5.83. The Bertz CT molecular complexity index is 562. The lowest BCUT2D eigenvalue weighted by Crippen LogP contribution is -2.06. The SMILES string of the molecule is CC(=Nc1ccccc1N)Nc1ccc(Cl)cc1. The molecule has 0 bridgehead atoms. The molecule has 0 saturated heterocycles. The van der Waals surface area contributed by atoms with Crippen LogP contribution < -0.4 is 11.1 Å². The minimum absolute atomic E-state index is 0.662. The number of rotatable bonds is 2. The number of anilines is 2. The Morgan fingerprint density at radius 3 is 2.44 bits per heavy atom. The summed E-state index contributed by atoms with van der Waals surface area (Å²) in [6, 6.07) is 14.9. The van der Waals surface area contributed by atoms with E-state index in [4.69, 9.17) is 17.3 Å². The van der Waals surface area contributed by atoms with Gasteiger partial charge in [0.1, 0.15) is 5.84 Å². The second-order valence-electron chi connectivity index (χ2n) is 3.89. The fraction of sp³-hybridized carbons (Fsp3) is 0.0714. The quantitative estimate of drug-likeness (QED) is 0.485. The predicted octanol–water partition coefficient (Wildman–Crippen LogP) is 4.08. The van der Waals surface area contributed by atoms with Crippen LogP contribution in [-0.2, 0) is 0 Å². The van der Waals surface area contributed by atoms with Crippen LogP contribution in [0.15, 0.2) is 53.5 Å². The van der Waals surface area contributed by atoms with Crippen molar-refractivity contribution in [3.8, 4) is 0 Å². The first-order chi connectivity index (χ1) is 8.65. The van der Waals surface area contributed by atoms with Crippen molar-refractivity contribution >= 4 is 34.5 Å². The fourth-order valence-electron chi connectivity index (χ4n) is 1.54. The maximum atomic E-state index is 5.83. The molecule has 0 aliphatic carbocycles. The first kappa shape index (κ1) is 12.5. The number of benzene rings is 2. The van der Waals surface area contributed by atoms with Crippen LogP contribution in [0.1, 0.15) is 6.92 Å². The van der Waals surface area contributed by atoms with Crippen LogP contribution in [0.2, 0.25) is 5.02 Å². The average molecular weight is 260 g/mol. The first-order valence-electron chi connectivity index (χ1n) is 5.57. The molecule has 2 aromatic carbocycles. The molecule has 2 aromatic rings.